The zero-order valence-corrected chi connectivity index (χ0v) is 15.4. The van der Waals surface area contributed by atoms with Crippen molar-refractivity contribution in [2.45, 2.75) is 42.8 Å². The lowest BCUT2D eigenvalue weighted by molar-refractivity contribution is -0.146. The van der Waals surface area contributed by atoms with Crippen molar-refractivity contribution in [3.8, 4) is 0 Å². The Morgan fingerprint density at radius 2 is 2.14 bits per heavy atom. The van der Waals surface area contributed by atoms with Gasteiger partial charge in [0.25, 0.3) is 5.56 Å². The largest absolute Gasteiger partial charge is 0.459 e. The van der Waals surface area contributed by atoms with Gasteiger partial charge in [0.2, 0.25) is 0 Å². The molecule has 2 heterocycles. The number of aliphatic hydroxyl groups excluding tert-OH is 1. The molecule has 12 heteroatoms. The molecule has 0 bridgehead atoms. The van der Waals surface area contributed by atoms with Crippen molar-refractivity contribution in [2.75, 3.05) is 6.61 Å². The van der Waals surface area contributed by atoms with Gasteiger partial charge < -0.3 is 14.6 Å². The molecule has 0 amide bonds. The van der Waals surface area contributed by atoms with Crippen LogP contribution in [0.4, 0.5) is 13.2 Å². The summed E-state index contributed by atoms with van der Waals surface area (Å²) in [5.74, 6) is -0.676. The minimum absolute atomic E-state index is 0.218. The van der Waals surface area contributed by atoms with Crippen LogP contribution in [0.2, 0.25) is 0 Å². The van der Waals surface area contributed by atoms with E-state index in [2.05, 4.69) is 0 Å². The maximum atomic E-state index is 12.9. The van der Waals surface area contributed by atoms with Crippen LogP contribution in [0.3, 0.4) is 0 Å². The molecule has 8 nitrogen and oxygen atoms in total. The summed E-state index contributed by atoms with van der Waals surface area (Å²) in [6, 6.07) is 0. The molecule has 4 atom stereocenters. The summed E-state index contributed by atoms with van der Waals surface area (Å²) in [5, 5.41) is 9.86. The topological polar surface area (TPSA) is 111 Å². The van der Waals surface area contributed by atoms with E-state index in [0.29, 0.717) is 17.2 Å². The van der Waals surface area contributed by atoms with Crippen LogP contribution in [0.5, 0.6) is 0 Å². The van der Waals surface area contributed by atoms with Crippen LogP contribution in [0.15, 0.2) is 39.6 Å². The smallest absolute Gasteiger partial charge is 0.423 e. The van der Waals surface area contributed by atoms with Gasteiger partial charge in [-0.15, -0.1) is 11.6 Å². The van der Waals surface area contributed by atoms with Gasteiger partial charge in [-0.3, -0.25) is 14.3 Å². The highest BCUT2D eigenvalue weighted by Crippen LogP contribution is 2.30. The van der Waals surface area contributed by atoms with Crippen LogP contribution in [0.1, 0.15) is 24.6 Å². The number of nitrogens with one attached hydrogen (secondary N) is 1. The third-order valence-corrected chi connectivity index (χ3v) is 4.77. The van der Waals surface area contributed by atoms with E-state index in [0.717, 1.165) is 0 Å². The first kappa shape index (κ1) is 21.3. The number of H-pyrrole nitrogens is 1. The van der Waals surface area contributed by atoms with E-state index in [1.807, 2.05) is 0 Å². The highest BCUT2D eigenvalue weighted by molar-refractivity contribution is 6.22. The van der Waals surface area contributed by atoms with Gasteiger partial charge >= 0.3 is 17.8 Å². The Balaban J connectivity index is 1.69. The molecule has 1 fully saturated rings. The molecule has 29 heavy (non-hydrogen) atoms. The highest BCUT2D eigenvalue weighted by Gasteiger charge is 2.39. The fourth-order valence-electron chi connectivity index (χ4n) is 2.92. The fraction of sp³-hybridized carbons (Fsp3) is 0.471. The average molecular weight is 437 g/mol. The summed E-state index contributed by atoms with van der Waals surface area (Å²) < 4.78 is 49.7. The third-order valence-electron chi connectivity index (χ3n) is 4.45. The number of nitrogens with zero attached hydrogens (tertiary/aromatic N) is 1. The lowest BCUT2D eigenvalue weighted by atomic mass is 10.1. The normalized spacial score (nSPS) is 27.0. The number of hydrogen-bond donors (Lipinski definition) is 2. The lowest BCUT2D eigenvalue weighted by Gasteiger charge is -2.17. The molecule has 1 aromatic heterocycles. The van der Waals surface area contributed by atoms with Gasteiger partial charge in [-0.2, -0.15) is 13.2 Å². The molecule has 2 unspecified atom stereocenters. The van der Waals surface area contributed by atoms with Crippen LogP contribution >= 0.6 is 11.6 Å². The minimum Gasteiger partial charge on any atom is -0.459 e. The van der Waals surface area contributed by atoms with Crippen molar-refractivity contribution in [1.82, 2.24) is 9.55 Å². The van der Waals surface area contributed by atoms with E-state index in [1.54, 1.807) is 17.1 Å². The summed E-state index contributed by atoms with van der Waals surface area (Å²) in [6.45, 7) is -0.379. The number of carbonyl (C=O) groups excluding carboxylic acids is 1. The number of aromatic amines is 1. The number of allylic oxidation sites excluding steroid dienone is 2. The summed E-state index contributed by atoms with van der Waals surface area (Å²) in [6.07, 6.45) is -3.25. The number of alkyl halides is 4. The number of aromatic nitrogens is 2. The fourth-order valence-corrected chi connectivity index (χ4v) is 3.09. The summed E-state index contributed by atoms with van der Waals surface area (Å²) >= 11 is 5.87. The van der Waals surface area contributed by atoms with Crippen LogP contribution in [-0.2, 0) is 20.4 Å². The zero-order chi connectivity index (χ0) is 21.3. The molecule has 0 aromatic carbocycles. The number of aliphatic hydroxyl groups is 1. The second kappa shape index (κ2) is 8.17. The maximum absolute atomic E-state index is 12.9. The number of rotatable bonds is 4. The number of hydrogen-bond acceptors (Lipinski definition) is 6. The van der Waals surface area contributed by atoms with Gasteiger partial charge in [0.05, 0.1) is 17.1 Å². The first-order valence-corrected chi connectivity index (χ1v) is 8.95. The monoisotopic (exact) mass is 436 g/mol. The molecule has 0 radical (unpaired) electrons. The third kappa shape index (κ3) is 4.80. The first-order valence-electron chi connectivity index (χ1n) is 8.52. The van der Waals surface area contributed by atoms with Crippen LogP contribution in [-0.4, -0.2) is 44.8 Å². The number of ether oxygens (including phenoxy) is 2. The zero-order valence-electron chi connectivity index (χ0n) is 14.7. The Hall–Kier alpha value is -2.37. The van der Waals surface area contributed by atoms with Crippen molar-refractivity contribution in [3.63, 3.8) is 0 Å². The van der Waals surface area contributed by atoms with Gasteiger partial charge in [0, 0.05) is 12.6 Å². The molecule has 158 valence electrons. The molecular formula is C17H16ClF3N2O6. The predicted octanol–water partition coefficient (Wildman–Crippen LogP) is 1.24. The Morgan fingerprint density at radius 1 is 1.41 bits per heavy atom. The van der Waals surface area contributed by atoms with Gasteiger partial charge in [-0.25, -0.2) is 9.59 Å². The first-order chi connectivity index (χ1) is 13.6. The molecule has 2 N–H and O–H groups in total. The van der Waals surface area contributed by atoms with E-state index < -0.39 is 47.4 Å². The van der Waals surface area contributed by atoms with Crippen molar-refractivity contribution < 1.29 is 32.5 Å². The van der Waals surface area contributed by atoms with E-state index in [1.165, 1.54) is 6.08 Å². The molecule has 1 aliphatic heterocycles. The van der Waals surface area contributed by atoms with Crippen LogP contribution < -0.4 is 11.2 Å². The summed E-state index contributed by atoms with van der Waals surface area (Å²) in [4.78, 5) is 36.9. The average Bonchev–Trinajstić information content (AvgIpc) is 2.99. The Kier molecular flexibility index (Phi) is 6.01. The minimum atomic E-state index is -4.97. The van der Waals surface area contributed by atoms with E-state index in [-0.39, 0.29) is 24.0 Å². The molecule has 2 aliphatic rings. The number of esters is 1. The molecule has 3 rings (SSSR count). The van der Waals surface area contributed by atoms with Crippen molar-refractivity contribution in [1.29, 1.82) is 0 Å². The molecule has 1 aliphatic carbocycles. The van der Waals surface area contributed by atoms with Gasteiger partial charge in [-0.1, -0.05) is 18.2 Å². The van der Waals surface area contributed by atoms with Crippen molar-refractivity contribution in [3.05, 3.63) is 56.4 Å². The predicted molar refractivity (Wildman–Crippen MR) is 93.3 cm³/mol. The molecule has 0 saturated carbocycles. The van der Waals surface area contributed by atoms with Gasteiger partial charge in [0.1, 0.15) is 24.5 Å². The van der Waals surface area contributed by atoms with Crippen molar-refractivity contribution in [2.24, 2.45) is 0 Å². The van der Waals surface area contributed by atoms with Gasteiger partial charge in [0.15, 0.2) is 0 Å². The second-order valence-electron chi connectivity index (χ2n) is 6.51. The highest BCUT2D eigenvalue weighted by atomic mass is 35.5. The molecule has 0 spiro atoms. The second-order valence-corrected chi connectivity index (χ2v) is 7.07. The van der Waals surface area contributed by atoms with E-state index in [4.69, 9.17) is 21.1 Å². The Labute approximate surface area is 166 Å². The van der Waals surface area contributed by atoms with Gasteiger partial charge in [-0.05, 0) is 6.42 Å². The summed E-state index contributed by atoms with van der Waals surface area (Å²) in [5.41, 5.74) is -3.99. The van der Waals surface area contributed by atoms with E-state index in [9.17, 15) is 32.7 Å². The Morgan fingerprint density at radius 3 is 2.76 bits per heavy atom. The van der Waals surface area contributed by atoms with Crippen LogP contribution in [0, 0.1) is 0 Å². The SMILES string of the molecule is O=C(OC[C@H]1O[C@@H](n2cc(C(F)(F)F)c(=O)[nH]c2=O)CC1O)C1=CCC(Cl)C=C1. The molecular weight excluding hydrogens is 421 g/mol. The standard InChI is InChI=1S/C17H16ClF3N2O6/c18-9-3-1-8(2-4-9)15(26)28-7-12-11(24)5-13(29-12)23-6-10(17(19,20)21)14(25)22-16(23)27/h1-3,6,9,11-13,24H,4-5,7H2,(H,22,25,27)/t9?,11?,12-,13-/m1/s1. The molecule has 1 aromatic rings. The van der Waals surface area contributed by atoms with E-state index >= 15 is 0 Å². The van der Waals surface area contributed by atoms with Crippen LogP contribution in [0.25, 0.3) is 0 Å². The number of carbonyl (C=O) groups is 1. The van der Waals surface area contributed by atoms with Crippen molar-refractivity contribution >= 4 is 17.6 Å². The molecule has 1 saturated heterocycles. The quantitative estimate of drug-likeness (QED) is 0.543. The summed E-state index contributed by atoms with van der Waals surface area (Å²) in [7, 11) is 0. The number of halogens is 4. The Bertz CT molecular complexity index is 967. The lowest BCUT2D eigenvalue weighted by Crippen LogP contribution is -2.36. The maximum Gasteiger partial charge on any atom is 0.423 e.